The van der Waals surface area contributed by atoms with Gasteiger partial charge in [0.1, 0.15) is 0 Å². The standard InChI is InChI=1S/C26H21N/c1-27-25-13-6-5-12-23(25)24-18-22(14-15-26(24)27)21-11-7-10-20(17-21)16-19-8-3-2-4-9-19/h2-15,17-18H,16H2,1H3. The third kappa shape index (κ3) is 2.82. The van der Waals surface area contributed by atoms with E-state index in [1.54, 1.807) is 0 Å². The molecule has 0 fully saturated rings. The van der Waals surface area contributed by atoms with Gasteiger partial charge in [0.2, 0.25) is 0 Å². The summed E-state index contributed by atoms with van der Waals surface area (Å²) in [4.78, 5) is 0. The van der Waals surface area contributed by atoms with Crippen LogP contribution in [0.3, 0.4) is 0 Å². The van der Waals surface area contributed by atoms with Gasteiger partial charge in [-0.3, -0.25) is 0 Å². The fraction of sp³-hybridized carbons (Fsp3) is 0.0769. The van der Waals surface area contributed by atoms with Crippen molar-refractivity contribution >= 4 is 21.8 Å². The van der Waals surface area contributed by atoms with E-state index in [4.69, 9.17) is 0 Å². The zero-order valence-electron chi connectivity index (χ0n) is 15.4. The number of fused-ring (bicyclic) bond motifs is 3. The van der Waals surface area contributed by atoms with E-state index in [0.717, 1.165) is 6.42 Å². The van der Waals surface area contributed by atoms with Crippen molar-refractivity contribution in [1.82, 2.24) is 4.57 Å². The van der Waals surface area contributed by atoms with Gasteiger partial charge in [-0.2, -0.15) is 0 Å². The molecule has 1 nitrogen and oxygen atoms in total. The van der Waals surface area contributed by atoms with Gasteiger partial charge < -0.3 is 4.57 Å². The molecule has 1 heteroatoms. The fourth-order valence-corrected chi connectivity index (χ4v) is 4.04. The molecule has 0 atom stereocenters. The fourth-order valence-electron chi connectivity index (χ4n) is 4.04. The first-order valence-corrected chi connectivity index (χ1v) is 9.40. The van der Waals surface area contributed by atoms with Crippen molar-refractivity contribution in [2.45, 2.75) is 6.42 Å². The molecule has 5 aromatic rings. The molecule has 0 aliphatic carbocycles. The second-order valence-corrected chi connectivity index (χ2v) is 7.17. The Morgan fingerprint density at radius 2 is 1.26 bits per heavy atom. The van der Waals surface area contributed by atoms with Crippen LogP contribution in [0.1, 0.15) is 11.1 Å². The lowest BCUT2D eigenvalue weighted by Gasteiger charge is -2.07. The van der Waals surface area contributed by atoms with Gasteiger partial charge in [0.05, 0.1) is 0 Å². The van der Waals surface area contributed by atoms with E-state index >= 15 is 0 Å². The van der Waals surface area contributed by atoms with E-state index in [1.165, 1.54) is 44.1 Å². The average molecular weight is 347 g/mol. The van der Waals surface area contributed by atoms with Crippen LogP contribution in [0.15, 0.2) is 97.1 Å². The first-order valence-electron chi connectivity index (χ1n) is 9.40. The number of para-hydroxylation sites is 1. The highest BCUT2D eigenvalue weighted by atomic mass is 14.9. The van der Waals surface area contributed by atoms with Crippen LogP contribution in [0.5, 0.6) is 0 Å². The molecule has 4 aromatic carbocycles. The van der Waals surface area contributed by atoms with Crippen molar-refractivity contribution in [3.05, 3.63) is 108 Å². The predicted octanol–water partition coefficient (Wildman–Crippen LogP) is 6.59. The molecule has 1 aromatic heterocycles. The van der Waals surface area contributed by atoms with Crippen molar-refractivity contribution in [1.29, 1.82) is 0 Å². The van der Waals surface area contributed by atoms with Crippen LogP contribution in [0.4, 0.5) is 0 Å². The van der Waals surface area contributed by atoms with Gasteiger partial charge in [0, 0.05) is 28.9 Å². The Labute approximate surface area is 159 Å². The lowest BCUT2D eigenvalue weighted by Crippen LogP contribution is -1.89. The van der Waals surface area contributed by atoms with Gasteiger partial charge in [-0.15, -0.1) is 0 Å². The SMILES string of the molecule is Cn1c2ccccc2c2cc(-c3cccc(Cc4ccccc4)c3)ccc21. The van der Waals surface area contributed by atoms with Crippen molar-refractivity contribution in [3.63, 3.8) is 0 Å². The molecule has 130 valence electrons. The topological polar surface area (TPSA) is 4.93 Å². The van der Waals surface area contributed by atoms with Crippen LogP contribution < -0.4 is 0 Å². The van der Waals surface area contributed by atoms with Crippen molar-refractivity contribution < 1.29 is 0 Å². The number of hydrogen-bond donors (Lipinski definition) is 0. The van der Waals surface area contributed by atoms with Gasteiger partial charge in [-0.05, 0) is 46.9 Å². The Morgan fingerprint density at radius 1 is 0.556 bits per heavy atom. The third-order valence-corrected chi connectivity index (χ3v) is 5.42. The van der Waals surface area contributed by atoms with E-state index in [9.17, 15) is 0 Å². The summed E-state index contributed by atoms with van der Waals surface area (Å²) in [7, 11) is 2.14. The highest BCUT2D eigenvalue weighted by Crippen LogP contribution is 2.32. The Hall–Kier alpha value is -3.32. The molecular formula is C26H21N. The minimum atomic E-state index is 0.963. The lowest BCUT2D eigenvalue weighted by atomic mass is 9.98. The van der Waals surface area contributed by atoms with Crippen molar-refractivity contribution in [2.24, 2.45) is 7.05 Å². The zero-order valence-corrected chi connectivity index (χ0v) is 15.4. The Bertz CT molecular complexity index is 1250. The van der Waals surface area contributed by atoms with Gasteiger partial charge in [0.25, 0.3) is 0 Å². The van der Waals surface area contributed by atoms with Crippen molar-refractivity contribution in [2.75, 3.05) is 0 Å². The van der Waals surface area contributed by atoms with Gasteiger partial charge in [-0.25, -0.2) is 0 Å². The number of aromatic nitrogens is 1. The van der Waals surface area contributed by atoms with Crippen LogP contribution in [0.25, 0.3) is 32.9 Å². The minimum Gasteiger partial charge on any atom is -0.344 e. The largest absolute Gasteiger partial charge is 0.344 e. The summed E-state index contributed by atoms with van der Waals surface area (Å²) in [5, 5.41) is 2.64. The van der Waals surface area contributed by atoms with E-state index in [-0.39, 0.29) is 0 Å². The first kappa shape index (κ1) is 15.9. The number of hydrogen-bond acceptors (Lipinski definition) is 0. The molecule has 0 spiro atoms. The molecule has 0 aliphatic heterocycles. The summed E-state index contributed by atoms with van der Waals surface area (Å²) in [5.41, 5.74) is 7.80. The smallest absolute Gasteiger partial charge is 0.0489 e. The summed E-state index contributed by atoms with van der Waals surface area (Å²) < 4.78 is 2.28. The molecule has 0 saturated heterocycles. The highest BCUT2D eigenvalue weighted by molar-refractivity contribution is 6.09. The summed E-state index contributed by atoms with van der Waals surface area (Å²) in [6.07, 6.45) is 0.963. The van der Waals surface area contributed by atoms with E-state index < -0.39 is 0 Å². The second kappa shape index (κ2) is 6.44. The monoisotopic (exact) mass is 347 g/mol. The summed E-state index contributed by atoms with van der Waals surface area (Å²) in [5.74, 6) is 0. The van der Waals surface area contributed by atoms with E-state index in [0.29, 0.717) is 0 Å². The molecule has 27 heavy (non-hydrogen) atoms. The summed E-state index contributed by atoms with van der Waals surface area (Å²) >= 11 is 0. The molecule has 0 radical (unpaired) electrons. The highest BCUT2D eigenvalue weighted by Gasteiger charge is 2.09. The van der Waals surface area contributed by atoms with Crippen LogP contribution in [-0.4, -0.2) is 4.57 Å². The molecule has 0 aliphatic rings. The van der Waals surface area contributed by atoms with Gasteiger partial charge in [-0.1, -0.05) is 78.9 Å². The minimum absolute atomic E-state index is 0.963. The zero-order chi connectivity index (χ0) is 18.2. The summed E-state index contributed by atoms with van der Waals surface area (Å²) in [6.45, 7) is 0. The Balaban J connectivity index is 1.59. The normalized spacial score (nSPS) is 11.3. The van der Waals surface area contributed by atoms with Gasteiger partial charge >= 0.3 is 0 Å². The maximum Gasteiger partial charge on any atom is 0.0489 e. The molecule has 0 N–H and O–H groups in total. The number of aryl methyl sites for hydroxylation is 1. The molecule has 5 rings (SSSR count). The maximum atomic E-state index is 2.33. The number of nitrogens with zero attached hydrogens (tertiary/aromatic N) is 1. The molecule has 0 bridgehead atoms. The number of benzene rings is 4. The Kier molecular flexibility index (Phi) is 3.79. The molecule has 0 saturated carbocycles. The molecular weight excluding hydrogens is 326 g/mol. The molecule has 0 amide bonds. The second-order valence-electron chi connectivity index (χ2n) is 7.17. The van der Waals surface area contributed by atoms with Crippen LogP contribution in [-0.2, 0) is 13.5 Å². The molecule has 0 unspecified atom stereocenters. The first-order chi connectivity index (χ1) is 13.3. The van der Waals surface area contributed by atoms with Crippen molar-refractivity contribution in [3.8, 4) is 11.1 Å². The van der Waals surface area contributed by atoms with Gasteiger partial charge in [0.15, 0.2) is 0 Å². The van der Waals surface area contributed by atoms with Crippen LogP contribution in [0, 0.1) is 0 Å². The Morgan fingerprint density at radius 3 is 2.15 bits per heavy atom. The van der Waals surface area contributed by atoms with E-state index in [2.05, 4.69) is 109 Å². The lowest BCUT2D eigenvalue weighted by molar-refractivity contribution is 1.01. The quantitative estimate of drug-likeness (QED) is 0.347. The predicted molar refractivity (Wildman–Crippen MR) is 115 cm³/mol. The molecule has 1 heterocycles. The van der Waals surface area contributed by atoms with Crippen LogP contribution >= 0.6 is 0 Å². The van der Waals surface area contributed by atoms with Crippen LogP contribution in [0.2, 0.25) is 0 Å². The summed E-state index contributed by atoms with van der Waals surface area (Å²) in [6, 6.07) is 35.0. The maximum absolute atomic E-state index is 2.33. The number of rotatable bonds is 3. The van der Waals surface area contributed by atoms with E-state index in [1.807, 2.05) is 0 Å². The average Bonchev–Trinajstić information content (AvgIpc) is 3.01. The third-order valence-electron chi connectivity index (χ3n) is 5.42.